The highest BCUT2D eigenvalue weighted by atomic mass is 16.3. The molecule has 0 aliphatic carbocycles. The fourth-order valence-electron chi connectivity index (χ4n) is 2.72. The van der Waals surface area contributed by atoms with Crippen LogP contribution in [0, 0.1) is 11.3 Å². The Hall–Kier alpha value is -2.64. The number of nitrogens with one attached hydrogen (secondary N) is 1. The van der Waals surface area contributed by atoms with E-state index in [2.05, 4.69) is 11.4 Å². The summed E-state index contributed by atoms with van der Waals surface area (Å²) >= 11 is 0. The molecule has 2 rings (SSSR count). The van der Waals surface area contributed by atoms with E-state index in [9.17, 15) is 9.90 Å². The van der Waals surface area contributed by atoms with Crippen LogP contribution < -0.4 is 5.32 Å². The van der Waals surface area contributed by atoms with Crippen LogP contribution in [0.4, 0.5) is 0 Å². The number of carbonyl (C=O) groups is 1. The van der Waals surface area contributed by atoms with Crippen molar-refractivity contribution in [3.05, 3.63) is 71.3 Å². The number of hydrogen-bond acceptors (Lipinski definition) is 3. The quantitative estimate of drug-likeness (QED) is 0.848. The molecular weight excluding hydrogens is 312 g/mol. The van der Waals surface area contributed by atoms with Gasteiger partial charge in [-0.05, 0) is 50.5 Å². The van der Waals surface area contributed by atoms with Gasteiger partial charge in [-0.25, -0.2) is 0 Å². The molecular formula is C21H24N2O2. The Bertz CT molecular complexity index is 763. The number of aliphatic hydroxyl groups is 1. The van der Waals surface area contributed by atoms with Gasteiger partial charge in [-0.1, -0.05) is 42.5 Å². The molecule has 1 amide bonds. The number of nitrogens with zero attached hydrogens (tertiary/aromatic N) is 1. The lowest BCUT2D eigenvalue weighted by atomic mass is 9.82. The van der Waals surface area contributed by atoms with Gasteiger partial charge in [0, 0.05) is 6.04 Å². The van der Waals surface area contributed by atoms with E-state index in [1.807, 2.05) is 57.2 Å². The lowest BCUT2D eigenvalue weighted by Crippen LogP contribution is -2.44. The average Bonchev–Trinajstić information content (AvgIpc) is 2.62. The minimum Gasteiger partial charge on any atom is -0.388 e. The first-order valence-electron chi connectivity index (χ1n) is 8.39. The molecule has 25 heavy (non-hydrogen) atoms. The molecule has 0 aliphatic heterocycles. The molecule has 0 heterocycles. The maximum absolute atomic E-state index is 12.7. The normalized spacial score (nSPS) is 13.6. The molecule has 130 valence electrons. The Morgan fingerprint density at radius 3 is 2.52 bits per heavy atom. The van der Waals surface area contributed by atoms with Crippen molar-refractivity contribution in [3.8, 4) is 6.07 Å². The standard InChI is InChI=1S/C21H24N2O2/c1-15(12-19(24)17-9-5-4-6-10-17)23-20(25)21(2,3)18-11-7-8-16(13-18)14-22/h4-11,13,15,19,24H,12H2,1-3H3,(H,23,25). The maximum Gasteiger partial charge on any atom is 0.230 e. The second-order valence-electron chi connectivity index (χ2n) is 6.85. The highest BCUT2D eigenvalue weighted by molar-refractivity contribution is 5.87. The zero-order valence-corrected chi connectivity index (χ0v) is 14.9. The Morgan fingerprint density at radius 1 is 1.20 bits per heavy atom. The number of rotatable bonds is 6. The van der Waals surface area contributed by atoms with Crippen molar-refractivity contribution in [1.29, 1.82) is 5.26 Å². The first kappa shape index (κ1) is 18.7. The number of hydrogen-bond donors (Lipinski definition) is 2. The van der Waals surface area contributed by atoms with Crippen molar-refractivity contribution in [2.24, 2.45) is 0 Å². The second kappa shape index (κ2) is 7.96. The Balaban J connectivity index is 2.03. The number of carbonyl (C=O) groups excluding carboxylic acids is 1. The summed E-state index contributed by atoms with van der Waals surface area (Å²) in [6.07, 6.45) is -0.189. The highest BCUT2D eigenvalue weighted by Gasteiger charge is 2.31. The third kappa shape index (κ3) is 4.68. The molecule has 0 spiro atoms. The van der Waals surface area contributed by atoms with Gasteiger partial charge in [0.05, 0.1) is 23.2 Å². The van der Waals surface area contributed by atoms with Gasteiger partial charge in [-0.3, -0.25) is 4.79 Å². The predicted octanol–water partition coefficient (Wildman–Crippen LogP) is 3.46. The highest BCUT2D eigenvalue weighted by Crippen LogP contribution is 2.25. The van der Waals surface area contributed by atoms with Crippen molar-refractivity contribution < 1.29 is 9.90 Å². The van der Waals surface area contributed by atoms with Crippen molar-refractivity contribution in [3.63, 3.8) is 0 Å². The van der Waals surface area contributed by atoms with E-state index >= 15 is 0 Å². The van der Waals surface area contributed by atoms with E-state index in [0.717, 1.165) is 11.1 Å². The molecule has 2 aromatic carbocycles. The average molecular weight is 336 g/mol. The van der Waals surface area contributed by atoms with Crippen LogP contribution in [0.1, 0.15) is 50.0 Å². The first-order chi connectivity index (χ1) is 11.8. The van der Waals surface area contributed by atoms with Crippen LogP contribution in [-0.4, -0.2) is 17.1 Å². The molecule has 2 atom stereocenters. The molecule has 0 fully saturated rings. The van der Waals surface area contributed by atoms with E-state index in [4.69, 9.17) is 5.26 Å². The summed E-state index contributed by atoms with van der Waals surface area (Å²) < 4.78 is 0. The first-order valence-corrected chi connectivity index (χ1v) is 8.39. The van der Waals surface area contributed by atoms with Crippen molar-refractivity contribution in [1.82, 2.24) is 5.32 Å². The summed E-state index contributed by atoms with van der Waals surface area (Å²) in [7, 11) is 0. The molecule has 0 radical (unpaired) electrons. The van der Waals surface area contributed by atoms with E-state index in [1.165, 1.54) is 0 Å². The molecule has 0 aliphatic rings. The summed E-state index contributed by atoms with van der Waals surface area (Å²) in [6.45, 7) is 5.55. The third-order valence-corrected chi connectivity index (χ3v) is 4.42. The Kier molecular flexibility index (Phi) is 5.95. The maximum atomic E-state index is 12.7. The number of aliphatic hydroxyl groups excluding tert-OH is 1. The van der Waals surface area contributed by atoms with Gasteiger partial charge in [0.25, 0.3) is 0 Å². The van der Waals surface area contributed by atoms with E-state index < -0.39 is 11.5 Å². The second-order valence-corrected chi connectivity index (χ2v) is 6.85. The molecule has 0 bridgehead atoms. The number of benzene rings is 2. The van der Waals surface area contributed by atoms with Crippen LogP contribution in [0.2, 0.25) is 0 Å². The van der Waals surface area contributed by atoms with Crippen LogP contribution >= 0.6 is 0 Å². The molecule has 2 unspecified atom stereocenters. The summed E-state index contributed by atoms with van der Waals surface area (Å²) in [4.78, 5) is 12.7. The monoisotopic (exact) mass is 336 g/mol. The number of amides is 1. The zero-order valence-electron chi connectivity index (χ0n) is 14.9. The van der Waals surface area contributed by atoms with Gasteiger partial charge in [0.2, 0.25) is 5.91 Å². The van der Waals surface area contributed by atoms with Crippen molar-refractivity contribution in [2.75, 3.05) is 0 Å². The van der Waals surface area contributed by atoms with Crippen LogP contribution in [0.5, 0.6) is 0 Å². The van der Waals surface area contributed by atoms with Crippen LogP contribution in [0.3, 0.4) is 0 Å². The number of nitriles is 1. The minimum absolute atomic E-state index is 0.129. The molecule has 4 heteroatoms. The van der Waals surface area contributed by atoms with Gasteiger partial charge < -0.3 is 10.4 Å². The minimum atomic E-state index is -0.765. The van der Waals surface area contributed by atoms with Crippen molar-refractivity contribution in [2.45, 2.75) is 44.8 Å². The Labute approximate surface area is 149 Å². The molecule has 2 aromatic rings. The SMILES string of the molecule is CC(CC(O)c1ccccc1)NC(=O)C(C)(C)c1cccc(C#N)c1. The topological polar surface area (TPSA) is 73.1 Å². The molecule has 0 aromatic heterocycles. The summed E-state index contributed by atoms with van der Waals surface area (Å²) in [5, 5.41) is 22.3. The summed E-state index contributed by atoms with van der Waals surface area (Å²) in [5.74, 6) is -0.129. The smallest absolute Gasteiger partial charge is 0.230 e. The van der Waals surface area contributed by atoms with E-state index in [-0.39, 0.29) is 11.9 Å². The molecule has 0 saturated carbocycles. The van der Waals surface area contributed by atoms with Crippen LogP contribution in [0.25, 0.3) is 0 Å². The molecule has 0 saturated heterocycles. The molecule has 2 N–H and O–H groups in total. The largest absolute Gasteiger partial charge is 0.388 e. The molecule has 4 nitrogen and oxygen atoms in total. The van der Waals surface area contributed by atoms with Crippen LogP contribution in [-0.2, 0) is 10.2 Å². The van der Waals surface area contributed by atoms with E-state index in [0.29, 0.717) is 12.0 Å². The predicted molar refractivity (Wildman–Crippen MR) is 97.8 cm³/mol. The fourth-order valence-corrected chi connectivity index (χ4v) is 2.72. The van der Waals surface area contributed by atoms with Gasteiger partial charge in [-0.2, -0.15) is 5.26 Å². The van der Waals surface area contributed by atoms with Gasteiger partial charge >= 0.3 is 0 Å². The summed E-state index contributed by atoms with van der Waals surface area (Å²) in [5.41, 5.74) is 1.40. The van der Waals surface area contributed by atoms with Gasteiger partial charge in [0.1, 0.15) is 0 Å². The third-order valence-electron chi connectivity index (χ3n) is 4.42. The van der Waals surface area contributed by atoms with Gasteiger partial charge in [0.15, 0.2) is 0 Å². The zero-order chi connectivity index (χ0) is 18.4. The van der Waals surface area contributed by atoms with Crippen molar-refractivity contribution >= 4 is 5.91 Å². The van der Waals surface area contributed by atoms with E-state index in [1.54, 1.807) is 18.2 Å². The fraction of sp³-hybridized carbons (Fsp3) is 0.333. The van der Waals surface area contributed by atoms with Gasteiger partial charge in [-0.15, -0.1) is 0 Å². The summed E-state index contributed by atoms with van der Waals surface area (Å²) in [6, 6.07) is 18.4. The Morgan fingerprint density at radius 2 is 1.88 bits per heavy atom. The lowest BCUT2D eigenvalue weighted by Gasteiger charge is -2.27. The lowest BCUT2D eigenvalue weighted by molar-refractivity contribution is -0.126. The van der Waals surface area contributed by atoms with Crippen LogP contribution in [0.15, 0.2) is 54.6 Å².